The van der Waals surface area contributed by atoms with Gasteiger partial charge in [0.2, 0.25) is 0 Å². The summed E-state index contributed by atoms with van der Waals surface area (Å²) in [5, 5.41) is 1.07. The molecule has 0 spiro atoms. The summed E-state index contributed by atoms with van der Waals surface area (Å²) in [5.41, 5.74) is 0.898. The lowest BCUT2D eigenvalue weighted by atomic mass is 10.2. The Hall–Kier alpha value is -1.46. The SMILES string of the molecule is CCCn1c(=S)[nH]c2c(sc3ccccc32)c1=O. The number of nitrogens with one attached hydrogen (secondary N) is 1. The van der Waals surface area contributed by atoms with Crippen molar-refractivity contribution in [2.24, 2.45) is 0 Å². The maximum Gasteiger partial charge on any atom is 0.272 e. The predicted molar refractivity (Wildman–Crippen MR) is 79.1 cm³/mol. The molecule has 3 rings (SSSR count). The summed E-state index contributed by atoms with van der Waals surface area (Å²) in [6, 6.07) is 8.00. The van der Waals surface area contributed by atoms with Crippen molar-refractivity contribution < 1.29 is 0 Å². The zero-order chi connectivity index (χ0) is 12.7. The van der Waals surface area contributed by atoms with Crippen LogP contribution in [0, 0.1) is 4.77 Å². The van der Waals surface area contributed by atoms with Crippen LogP contribution in [0.15, 0.2) is 29.1 Å². The van der Waals surface area contributed by atoms with Crippen LogP contribution in [0.2, 0.25) is 0 Å². The van der Waals surface area contributed by atoms with Gasteiger partial charge in [-0.1, -0.05) is 25.1 Å². The van der Waals surface area contributed by atoms with E-state index in [0.717, 1.165) is 26.7 Å². The molecule has 0 atom stereocenters. The van der Waals surface area contributed by atoms with Crippen LogP contribution in [0.3, 0.4) is 0 Å². The molecule has 92 valence electrons. The Bertz CT molecular complexity index is 841. The number of nitrogens with zero attached hydrogens (tertiary/aromatic N) is 1. The smallest absolute Gasteiger partial charge is 0.272 e. The maximum atomic E-state index is 12.4. The fraction of sp³-hybridized carbons (Fsp3) is 0.231. The highest BCUT2D eigenvalue weighted by Gasteiger charge is 2.10. The van der Waals surface area contributed by atoms with Crippen molar-refractivity contribution in [1.82, 2.24) is 9.55 Å². The molecule has 0 unspecified atom stereocenters. The van der Waals surface area contributed by atoms with Crippen LogP contribution in [0.25, 0.3) is 20.3 Å². The van der Waals surface area contributed by atoms with Gasteiger partial charge in [0.1, 0.15) is 4.70 Å². The molecule has 0 saturated heterocycles. The number of fused-ring (bicyclic) bond motifs is 3. The van der Waals surface area contributed by atoms with Gasteiger partial charge in [-0.25, -0.2) is 0 Å². The van der Waals surface area contributed by atoms with Gasteiger partial charge < -0.3 is 4.98 Å². The van der Waals surface area contributed by atoms with Crippen LogP contribution in [-0.2, 0) is 6.54 Å². The van der Waals surface area contributed by atoms with E-state index in [4.69, 9.17) is 12.2 Å². The molecular formula is C13H12N2OS2. The summed E-state index contributed by atoms with van der Waals surface area (Å²) < 4.78 is 4.04. The standard InChI is InChI=1S/C13H12N2OS2/c1-2-7-15-12(16)11-10(14-13(15)17)8-5-3-4-6-9(8)18-11/h3-6H,2,7H2,1H3,(H,14,17). The Morgan fingerprint density at radius 2 is 2.17 bits per heavy atom. The lowest BCUT2D eigenvalue weighted by molar-refractivity contribution is 0.639. The summed E-state index contributed by atoms with van der Waals surface area (Å²) in [7, 11) is 0. The first kappa shape index (κ1) is 11.6. The van der Waals surface area contributed by atoms with Gasteiger partial charge in [-0.3, -0.25) is 9.36 Å². The third kappa shape index (κ3) is 1.62. The molecule has 0 aliphatic rings. The minimum Gasteiger partial charge on any atom is -0.330 e. The second kappa shape index (κ2) is 4.33. The number of rotatable bonds is 2. The molecule has 0 amide bonds. The van der Waals surface area contributed by atoms with Gasteiger partial charge in [0, 0.05) is 16.6 Å². The first-order chi connectivity index (χ1) is 8.72. The van der Waals surface area contributed by atoms with Gasteiger partial charge in [-0.2, -0.15) is 0 Å². The zero-order valence-corrected chi connectivity index (χ0v) is 11.5. The highest BCUT2D eigenvalue weighted by atomic mass is 32.1. The number of thiophene rings is 1. The number of hydrogen-bond acceptors (Lipinski definition) is 3. The Morgan fingerprint density at radius 3 is 2.94 bits per heavy atom. The monoisotopic (exact) mass is 276 g/mol. The molecular weight excluding hydrogens is 264 g/mol. The third-order valence-corrected chi connectivity index (χ3v) is 4.44. The third-order valence-electron chi connectivity index (χ3n) is 2.96. The number of aromatic amines is 1. The molecule has 0 aliphatic carbocycles. The van der Waals surface area contributed by atoms with E-state index >= 15 is 0 Å². The van der Waals surface area contributed by atoms with Crippen LogP contribution in [0.1, 0.15) is 13.3 Å². The molecule has 1 aromatic carbocycles. The summed E-state index contributed by atoms with van der Waals surface area (Å²) in [5.74, 6) is 0. The first-order valence-corrected chi connectivity index (χ1v) is 7.09. The van der Waals surface area contributed by atoms with Crippen molar-refractivity contribution in [2.75, 3.05) is 0 Å². The summed E-state index contributed by atoms with van der Waals surface area (Å²) in [4.78, 5) is 15.6. The van der Waals surface area contributed by atoms with Crippen molar-refractivity contribution in [3.63, 3.8) is 0 Å². The van der Waals surface area contributed by atoms with Crippen LogP contribution >= 0.6 is 23.6 Å². The first-order valence-electron chi connectivity index (χ1n) is 5.86. The fourth-order valence-corrected chi connectivity index (χ4v) is 3.52. The predicted octanol–water partition coefficient (Wildman–Crippen LogP) is 3.68. The van der Waals surface area contributed by atoms with Gasteiger partial charge in [0.25, 0.3) is 5.56 Å². The molecule has 2 heterocycles. The molecule has 0 bridgehead atoms. The van der Waals surface area contributed by atoms with Crippen LogP contribution in [0.4, 0.5) is 0 Å². The Kier molecular flexibility index (Phi) is 2.80. The van der Waals surface area contributed by atoms with Crippen molar-refractivity contribution in [3.8, 4) is 0 Å². The minimum atomic E-state index is 0.0248. The Balaban J connectivity index is 2.50. The summed E-state index contributed by atoms with van der Waals surface area (Å²) in [6.45, 7) is 2.70. The van der Waals surface area contributed by atoms with Crippen molar-refractivity contribution in [1.29, 1.82) is 0 Å². The van der Waals surface area contributed by atoms with Crippen molar-refractivity contribution in [3.05, 3.63) is 39.4 Å². The number of aromatic nitrogens is 2. The lowest BCUT2D eigenvalue weighted by Crippen LogP contribution is -2.21. The molecule has 3 aromatic rings. The lowest BCUT2D eigenvalue weighted by Gasteiger charge is -2.03. The van der Waals surface area contributed by atoms with Crippen LogP contribution in [-0.4, -0.2) is 9.55 Å². The molecule has 3 nitrogen and oxygen atoms in total. The maximum absolute atomic E-state index is 12.4. The van der Waals surface area contributed by atoms with E-state index in [0.29, 0.717) is 11.3 Å². The van der Waals surface area contributed by atoms with Crippen molar-refractivity contribution >= 4 is 43.9 Å². The quantitative estimate of drug-likeness (QED) is 0.725. The van der Waals surface area contributed by atoms with Crippen molar-refractivity contribution in [2.45, 2.75) is 19.9 Å². The number of H-pyrrole nitrogens is 1. The highest BCUT2D eigenvalue weighted by molar-refractivity contribution is 7.71. The van der Waals surface area contributed by atoms with Gasteiger partial charge in [-0.05, 0) is 24.7 Å². The molecule has 5 heteroatoms. The Morgan fingerprint density at radius 1 is 1.39 bits per heavy atom. The highest BCUT2D eigenvalue weighted by Crippen LogP contribution is 2.29. The van der Waals surface area contributed by atoms with E-state index in [2.05, 4.69) is 4.98 Å². The second-order valence-electron chi connectivity index (χ2n) is 4.19. The molecule has 0 saturated carbocycles. The van der Waals surface area contributed by atoms with Gasteiger partial charge in [0.15, 0.2) is 4.77 Å². The van der Waals surface area contributed by atoms with E-state index in [1.54, 1.807) is 4.57 Å². The average Bonchev–Trinajstić information content (AvgIpc) is 2.74. The molecule has 1 N–H and O–H groups in total. The topological polar surface area (TPSA) is 37.8 Å². The number of hydrogen-bond donors (Lipinski definition) is 1. The van der Waals surface area contributed by atoms with E-state index in [1.807, 2.05) is 31.2 Å². The van der Waals surface area contributed by atoms with Gasteiger partial charge in [0.05, 0.1) is 5.52 Å². The molecule has 0 radical (unpaired) electrons. The zero-order valence-electron chi connectivity index (χ0n) is 9.90. The normalized spacial score (nSPS) is 11.4. The summed E-state index contributed by atoms with van der Waals surface area (Å²) >= 11 is 6.80. The van der Waals surface area contributed by atoms with Gasteiger partial charge >= 0.3 is 0 Å². The minimum absolute atomic E-state index is 0.0248. The number of benzene rings is 1. The molecule has 2 aromatic heterocycles. The largest absolute Gasteiger partial charge is 0.330 e. The van der Waals surface area contributed by atoms with Crippen LogP contribution in [0.5, 0.6) is 0 Å². The summed E-state index contributed by atoms with van der Waals surface area (Å²) in [6.07, 6.45) is 0.897. The molecule has 0 fully saturated rings. The second-order valence-corrected chi connectivity index (χ2v) is 5.63. The van der Waals surface area contributed by atoms with E-state index in [1.165, 1.54) is 11.3 Å². The van der Waals surface area contributed by atoms with Gasteiger partial charge in [-0.15, -0.1) is 11.3 Å². The Labute approximate surface area is 113 Å². The fourth-order valence-electron chi connectivity index (χ4n) is 2.14. The van der Waals surface area contributed by atoms with Crippen LogP contribution < -0.4 is 5.56 Å². The van der Waals surface area contributed by atoms with E-state index in [-0.39, 0.29) is 5.56 Å². The molecule has 0 aliphatic heterocycles. The van der Waals surface area contributed by atoms with E-state index < -0.39 is 0 Å². The molecule has 18 heavy (non-hydrogen) atoms. The van der Waals surface area contributed by atoms with E-state index in [9.17, 15) is 4.79 Å². The average molecular weight is 276 g/mol.